The van der Waals surface area contributed by atoms with Crippen LogP contribution in [0.25, 0.3) is 0 Å². The normalized spacial score (nSPS) is 40.6. The fourth-order valence-electron chi connectivity index (χ4n) is 4.72. The van der Waals surface area contributed by atoms with Crippen LogP contribution in [0.5, 0.6) is 0 Å². The van der Waals surface area contributed by atoms with Gasteiger partial charge in [-0.25, -0.2) is 0 Å². The molecule has 0 bridgehead atoms. The van der Waals surface area contributed by atoms with Crippen LogP contribution in [-0.2, 0) is 23.7 Å². The number of nitrogens with one attached hydrogen (secondary N) is 1. The highest BCUT2D eigenvalue weighted by Crippen LogP contribution is 2.31. The van der Waals surface area contributed by atoms with Gasteiger partial charge in [-0.15, -0.1) is 0 Å². The Kier molecular flexibility index (Phi) is 10.4. The third-order valence-electron chi connectivity index (χ3n) is 6.68. The highest BCUT2D eigenvalue weighted by atomic mass is 16.7. The minimum absolute atomic E-state index is 0.108. The van der Waals surface area contributed by atoms with Gasteiger partial charge < -0.3 is 61.9 Å². The fraction of sp³-hybridized carbons (Fsp3) is 0.952. The molecule has 34 heavy (non-hydrogen) atoms. The summed E-state index contributed by atoms with van der Waals surface area (Å²) >= 11 is 0. The Labute approximate surface area is 198 Å². The van der Waals surface area contributed by atoms with E-state index in [1.54, 1.807) is 0 Å². The second kappa shape index (κ2) is 12.8. The van der Waals surface area contributed by atoms with E-state index in [0.29, 0.717) is 38.5 Å². The molecule has 3 rings (SSSR count). The van der Waals surface area contributed by atoms with Gasteiger partial charge in [-0.05, 0) is 25.7 Å². The molecule has 0 spiro atoms. The van der Waals surface area contributed by atoms with Gasteiger partial charge in [0.2, 0.25) is 0 Å². The van der Waals surface area contributed by atoms with Crippen molar-refractivity contribution in [3.8, 4) is 0 Å². The quantitative estimate of drug-likeness (QED) is 0.148. The van der Waals surface area contributed by atoms with Crippen LogP contribution in [-0.4, -0.2) is 113 Å². The molecule has 11 atom stereocenters. The first-order valence-corrected chi connectivity index (χ1v) is 12.0. The first-order chi connectivity index (χ1) is 16.2. The maximum atomic E-state index is 12.4. The van der Waals surface area contributed by atoms with Gasteiger partial charge in [0.1, 0.15) is 12.2 Å². The van der Waals surface area contributed by atoms with Crippen LogP contribution in [0.1, 0.15) is 38.5 Å². The van der Waals surface area contributed by atoms with E-state index in [-0.39, 0.29) is 25.8 Å². The number of hydrogen-bond acceptors (Lipinski definition) is 12. The van der Waals surface area contributed by atoms with Crippen molar-refractivity contribution >= 4 is 5.91 Å². The molecule has 13 heteroatoms. The van der Waals surface area contributed by atoms with Crippen molar-refractivity contribution < 1.29 is 44.2 Å². The molecule has 13 nitrogen and oxygen atoms in total. The Balaban J connectivity index is 1.67. The smallest absolute Gasteiger partial charge is 0.251 e. The van der Waals surface area contributed by atoms with Gasteiger partial charge >= 0.3 is 0 Å². The SMILES string of the molecule is NCC(O)C(O)C(=O)NC1CC(N)[C@@H](O[C@@H]2CC[C@H](O)C(CN)O2)C(OC2CCC(CO)O2)C1. The van der Waals surface area contributed by atoms with Gasteiger partial charge in [0.25, 0.3) is 5.91 Å². The minimum Gasteiger partial charge on any atom is -0.394 e. The number of nitrogens with two attached hydrogens (primary N) is 3. The summed E-state index contributed by atoms with van der Waals surface area (Å²) in [7, 11) is 0. The molecule has 1 amide bonds. The number of aliphatic hydroxyl groups is 4. The van der Waals surface area contributed by atoms with Gasteiger partial charge in [0.15, 0.2) is 18.7 Å². The third-order valence-corrected chi connectivity index (χ3v) is 6.68. The van der Waals surface area contributed by atoms with Crippen LogP contribution in [0.15, 0.2) is 0 Å². The zero-order valence-electron chi connectivity index (χ0n) is 19.3. The van der Waals surface area contributed by atoms with Crippen molar-refractivity contribution in [2.45, 2.75) is 106 Å². The summed E-state index contributed by atoms with van der Waals surface area (Å²) < 4.78 is 23.9. The largest absolute Gasteiger partial charge is 0.394 e. The number of ether oxygens (including phenoxy) is 4. The van der Waals surface area contributed by atoms with Gasteiger partial charge in [-0.3, -0.25) is 4.79 Å². The summed E-state index contributed by atoms with van der Waals surface area (Å²) in [6, 6.07) is -1.00. The maximum Gasteiger partial charge on any atom is 0.251 e. The van der Waals surface area contributed by atoms with Crippen molar-refractivity contribution in [3.63, 3.8) is 0 Å². The van der Waals surface area contributed by atoms with Gasteiger partial charge in [0.05, 0.1) is 31.0 Å². The molecule has 0 aromatic carbocycles. The van der Waals surface area contributed by atoms with E-state index >= 15 is 0 Å². The zero-order chi connectivity index (χ0) is 24.8. The van der Waals surface area contributed by atoms with Crippen LogP contribution in [0, 0.1) is 0 Å². The molecule has 3 aliphatic rings. The molecule has 2 aliphatic heterocycles. The van der Waals surface area contributed by atoms with E-state index in [1.807, 2.05) is 0 Å². The molecule has 0 aromatic rings. The highest BCUT2D eigenvalue weighted by molar-refractivity contribution is 5.81. The summed E-state index contributed by atoms with van der Waals surface area (Å²) in [5, 5.41) is 41.7. The number of hydrogen-bond donors (Lipinski definition) is 8. The number of carbonyl (C=O) groups is 1. The average Bonchev–Trinajstić information content (AvgIpc) is 3.28. The molecule has 0 aromatic heterocycles. The van der Waals surface area contributed by atoms with Gasteiger partial charge in [-0.2, -0.15) is 0 Å². The molecule has 3 fully saturated rings. The summed E-state index contributed by atoms with van der Waals surface area (Å²) in [6.45, 7) is -0.213. The Morgan fingerprint density at radius 1 is 1.06 bits per heavy atom. The lowest BCUT2D eigenvalue weighted by Crippen LogP contribution is -2.60. The molecule has 1 aliphatic carbocycles. The lowest BCUT2D eigenvalue weighted by atomic mass is 9.86. The van der Waals surface area contributed by atoms with Crippen LogP contribution < -0.4 is 22.5 Å². The Morgan fingerprint density at radius 2 is 1.76 bits per heavy atom. The van der Waals surface area contributed by atoms with Crippen molar-refractivity contribution in [2.24, 2.45) is 17.2 Å². The lowest BCUT2D eigenvalue weighted by Gasteiger charge is -2.43. The molecule has 198 valence electrons. The molecule has 0 radical (unpaired) electrons. The monoisotopic (exact) mass is 492 g/mol. The van der Waals surface area contributed by atoms with Crippen LogP contribution in [0.3, 0.4) is 0 Å². The molecule has 11 N–H and O–H groups in total. The summed E-state index contributed by atoms with van der Waals surface area (Å²) in [6.07, 6.45) is -4.08. The van der Waals surface area contributed by atoms with Crippen molar-refractivity contribution in [1.29, 1.82) is 0 Å². The first-order valence-electron chi connectivity index (χ1n) is 12.0. The molecule has 8 unspecified atom stereocenters. The first kappa shape index (κ1) is 27.6. The van der Waals surface area contributed by atoms with Gasteiger partial charge in [0, 0.05) is 38.0 Å². The van der Waals surface area contributed by atoms with E-state index in [1.165, 1.54) is 0 Å². The van der Waals surface area contributed by atoms with Crippen molar-refractivity contribution in [3.05, 3.63) is 0 Å². The summed E-state index contributed by atoms with van der Waals surface area (Å²) in [5.41, 5.74) is 17.4. The molecular formula is C21H40N4O9. The van der Waals surface area contributed by atoms with Crippen molar-refractivity contribution in [1.82, 2.24) is 5.32 Å². The van der Waals surface area contributed by atoms with Gasteiger partial charge in [-0.1, -0.05) is 0 Å². The molecule has 1 saturated carbocycles. The Bertz CT molecular complexity index is 647. The minimum atomic E-state index is -1.66. The Hall–Kier alpha value is -0.970. The number of rotatable bonds is 10. The zero-order valence-corrected chi connectivity index (χ0v) is 19.3. The Morgan fingerprint density at radius 3 is 2.41 bits per heavy atom. The second-order valence-electron chi connectivity index (χ2n) is 9.30. The van der Waals surface area contributed by atoms with Crippen LogP contribution >= 0.6 is 0 Å². The van der Waals surface area contributed by atoms with E-state index in [0.717, 1.165) is 0 Å². The van der Waals surface area contributed by atoms with E-state index in [4.69, 9.17) is 36.1 Å². The molecule has 2 saturated heterocycles. The predicted molar refractivity (Wildman–Crippen MR) is 118 cm³/mol. The maximum absolute atomic E-state index is 12.4. The summed E-state index contributed by atoms with van der Waals surface area (Å²) in [4.78, 5) is 12.4. The fourth-order valence-corrected chi connectivity index (χ4v) is 4.72. The topological polar surface area (TPSA) is 225 Å². The van der Waals surface area contributed by atoms with Crippen molar-refractivity contribution in [2.75, 3.05) is 19.7 Å². The van der Waals surface area contributed by atoms with E-state index < -0.39 is 67.2 Å². The van der Waals surface area contributed by atoms with Crippen LogP contribution in [0.4, 0.5) is 0 Å². The van der Waals surface area contributed by atoms with E-state index in [9.17, 15) is 25.2 Å². The number of amides is 1. The number of aliphatic hydroxyl groups excluding tert-OH is 4. The molecule has 2 heterocycles. The highest BCUT2D eigenvalue weighted by Gasteiger charge is 2.43. The second-order valence-corrected chi connectivity index (χ2v) is 9.30. The molecular weight excluding hydrogens is 452 g/mol. The summed E-state index contributed by atoms with van der Waals surface area (Å²) in [5.74, 6) is -0.749. The third kappa shape index (κ3) is 7.04. The predicted octanol–water partition coefficient (Wildman–Crippen LogP) is -3.63. The lowest BCUT2D eigenvalue weighted by molar-refractivity contribution is -0.273. The standard InChI is InChI=1S/C21H40N4O9/c22-7-14(28)19(29)21(30)25-10-5-12(24)20(34-18-4-2-13(27)16(8-23)33-18)15(6-10)32-17-3-1-11(9-26)31-17/h10-20,26-29H,1-9,22-24H2,(H,25,30)/t10?,11?,12?,13-,14?,15?,16?,17?,18+,19?,20+/m0/s1. The van der Waals surface area contributed by atoms with E-state index in [2.05, 4.69) is 5.32 Å². The van der Waals surface area contributed by atoms with Crippen LogP contribution in [0.2, 0.25) is 0 Å². The number of carbonyl (C=O) groups excluding carboxylic acids is 1. The average molecular weight is 493 g/mol.